The highest BCUT2D eigenvalue weighted by Crippen LogP contribution is 2.35. The van der Waals surface area contributed by atoms with E-state index in [1.54, 1.807) is 14.0 Å². The molecule has 0 amide bonds. The molecule has 1 aromatic heterocycles. The molecule has 0 bridgehead atoms. The summed E-state index contributed by atoms with van der Waals surface area (Å²) < 4.78 is 13.2. The number of aliphatic hydroxyl groups is 1. The van der Waals surface area contributed by atoms with Gasteiger partial charge in [0, 0.05) is 28.9 Å². The molecule has 0 aliphatic rings. The monoisotopic (exact) mass is 354 g/mol. The lowest BCUT2D eigenvalue weighted by Gasteiger charge is -2.22. The molecular formula is C21H26N2O3. The standard InChI is InChI=1S/C21H26N2O3/c1-4-26-21-11-15(8-9-20(21)25-3)19(10-14(2)24)23-12-16-6-5-7-18(22)17(16)13-23/h5-9,11-14,19,24H,4,10,22H2,1-3H3. The van der Waals surface area contributed by atoms with Crippen LogP contribution in [0.15, 0.2) is 48.8 Å². The molecule has 138 valence electrons. The third kappa shape index (κ3) is 3.63. The highest BCUT2D eigenvalue weighted by Gasteiger charge is 2.19. The molecule has 0 fully saturated rings. The number of methoxy groups -OCH3 is 1. The molecule has 0 aliphatic carbocycles. The van der Waals surface area contributed by atoms with Crippen molar-refractivity contribution < 1.29 is 14.6 Å². The summed E-state index contributed by atoms with van der Waals surface area (Å²) >= 11 is 0. The fourth-order valence-electron chi connectivity index (χ4n) is 3.31. The Balaban J connectivity index is 2.07. The third-order valence-electron chi connectivity index (χ3n) is 4.54. The van der Waals surface area contributed by atoms with Crippen molar-refractivity contribution in [2.75, 3.05) is 19.5 Å². The molecule has 0 saturated heterocycles. The van der Waals surface area contributed by atoms with Gasteiger partial charge in [0.15, 0.2) is 11.5 Å². The highest BCUT2D eigenvalue weighted by molar-refractivity contribution is 5.92. The molecule has 2 aromatic carbocycles. The van der Waals surface area contributed by atoms with Crippen molar-refractivity contribution in [3.63, 3.8) is 0 Å². The van der Waals surface area contributed by atoms with Gasteiger partial charge in [-0.1, -0.05) is 18.2 Å². The van der Waals surface area contributed by atoms with Gasteiger partial charge in [-0.2, -0.15) is 0 Å². The van der Waals surface area contributed by atoms with Crippen LogP contribution in [0.4, 0.5) is 5.69 Å². The summed E-state index contributed by atoms with van der Waals surface area (Å²) in [5, 5.41) is 12.2. The van der Waals surface area contributed by atoms with Gasteiger partial charge in [-0.05, 0) is 44.0 Å². The summed E-state index contributed by atoms with van der Waals surface area (Å²) in [6.07, 6.45) is 4.25. The summed E-state index contributed by atoms with van der Waals surface area (Å²) in [7, 11) is 1.63. The third-order valence-corrected chi connectivity index (χ3v) is 4.54. The van der Waals surface area contributed by atoms with Gasteiger partial charge < -0.3 is 24.9 Å². The van der Waals surface area contributed by atoms with Crippen LogP contribution < -0.4 is 15.2 Å². The summed E-state index contributed by atoms with van der Waals surface area (Å²) in [6.45, 7) is 4.31. The molecule has 5 heteroatoms. The van der Waals surface area contributed by atoms with Crippen LogP contribution in [0.3, 0.4) is 0 Å². The molecule has 0 spiro atoms. The van der Waals surface area contributed by atoms with Gasteiger partial charge in [0.1, 0.15) is 0 Å². The van der Waals surface area contributed by atoms with Crippen molar-refractivity contribution in [1.82, 2.24) is 4.57 Å². The van der Waals surface area contributed by atoms with E-state index in [2.05, 4.69) is 10.8 Å². The lowest BCUT2D eigenvalue weighted by molar-refractivity contribution is 0.169. The quantitative estimate of drug-likeness (QED) is 0.630. The molecule has 0 aliphatic heterocycles. The number of fused-ring (bicyclic) bond motifs is 1. The van der Waals surface area contributed by atoms with Crippen molar-refractivity contribution >= 4 is 16.5 Å². The lowest BCUT2D eigenvalue weighted by Crippen LogP contribution is -2.15. The van der Waals surface area contributed by atoms with E-state index in [-0.39, 0.29) is 6.04 Å². The number of aromatic nitrogens is 1. The van der Waals surface area contributed by atoms with Gasteiger partial charge in [0.25, 0.3) is 0 Å². The number of rotatable bonds is 7. The lowest BCUT2D eigenvalue weighted by atomic mass is 10.0. The number of nitrogens with zero attached hydrogens (tertiary/aromatic N) is 1. The first-order valence-corrected chi connectivity index (χ1v) is 8.88. The molecule has 26 heavy (non-hydrogen) atoms. The van der Waals surface area contributed by atoms with Gasteiger partial charge in [-0.3, -0.25) is 0 Å². The second kappa shape index (κ2) is 7.70. The Kier molecular flexibility index (Phi) is 5.38. The topological polar surface area (TPSA) is 69.6 Å². The minimum atomic E-state index is -0.444. The summed E-state index contributed by atoms with van der Waals surface area (Å²) in [5.74, 6) is 1.41. The average molecular weight is 354 g/mol. The Morgan fingerprint density at radius 2 is 1.96 bits per heavy atom. The maximum absolute atomic E-state index is 10.1. The molecule has 3 aromatic rings. The molecular weight excluding hydrogens is 328 g/mol. The van der Waals surface area contributed by atoms with Crippen molar-refractivity contribution in [3.8, 4) is 11.5 Å². The van der Waals surface area contributed by atoms with E-state index in [9.17, 15) is 5.11 Å². The van der Waals surface area contributed by atoms with Crippen LogP contribution >= 0.6 is 0 Å². The average Bonchev–Trinajstić information content (AvgIpc) is 3.05. The normalized spacial score (nSPS) is 13.5. The Labute approximate surface area is 154 Å². The van der Waals surface area contributed by atoms with Crippen LogP contribution in [0, 0.1) is 0 Å². The Morgan fingerprint density at radius 3 is 2.62 bits per heavy atom. The van der Waals surface area contributed by atoms with E-state index in [1.165, 1.54) is 0 Å². The van der Waals surface area contributed by atoms with Gasteiger partial charge in [-0.15, -0.1) is 0 Å². The number of hydrogen-bond donors (Lipinski definition) is 2. The van der Waals surface area contributed by atoms with E-state index in [0.717, 1.165) is 22.0 Å². The fraction of sp³-hybridized carbons (Fsp3) is 0.333. The summed E-state index contributed by atoms with van der Waals surface area (Å²) in [4.78, 5) is 0. The van der Waals surface area contributed by atoms with Gasteiger partial charge in [-0.25, -0.2) is 0 Å². The highest BCUT2D eigenvalue weighted by atomic mass is 16.5. The minimum Gasteiger partial charge on any atom is -0.493 e. The number of hydrogen-bond acceptors (Lipinski definition) is 4. The van der Waals surface area contributed by atoms with Gasteiger partial charge >= 0.3 is 0 Å². The first-order valence-electron chi connectivity index (χ1n) is 8.88. The van der Waals surface area contributed by atoms with Crippen molar-refractivity contribution in [1.29, 1.82) is 0 Å². The van der Waals surface area contributed by atoms with E-state index in [4.69, 9.17) is 15.2 Å². The maximum atomic E-state index is 10.1. The van der Waals surface area contributed by atoms with Crippen LogP contribution in [0.25, 0.3) is 10.8 Å². The Hall–Kier alpha value is -2.66. The molecule has 1 heterocycles. The Bertz CT molecular complexity index is 886. The number of ether oxygens (including phenoxy) is 2. The molecule has 2 atom stereocenters. The fourth-order valence-corrected chi connectivity index (χ4v) is 3.31. The number of nitrogens with two attached hydrogens (primary N) is 1. The second-order valence-corrected chi connectivity index (χ2v) is 6.50. The zero-order valence-corrected chi connectivity index (χ0v) is 15.5. The largest absolute Gasteiger partial charge is 0.493 e. The van der Waals surface area contributed by atoms with Crippen LogP contribution in [-0.2, 0) is 0 Å². The molecule has 2 unspecified atom stereocenters. The number of anilines is 1. The van der Waals surface area contributed by atoms with E-state index < -0.39 is 6.10 Å². The number of nitrogen functional groups attached to an aromatic ring is 1. The van der Waals surface area contributed by atoms with Crippen LogP contribution in [0.2, 0.25) is 0 Å². The van der Waals surface area contributed by atoms with Crippen LogP contribution in [0.1, 0.15) is 31.9 Å². The van der Waals surface area contributed by atoms with Crippen molar-refractivity contribution in [2.45, 2.75) is 32.4 Å². The van der Waals surface area contributed by atoms with Gasteiger partial charge in [0.05, 0.1) is 25.9 Å². The van der Waals surface area contributed by atoms with Crippen LogP contribution in [0.5, 0.6) is 11.5 Å². The Morgan fingerprint density at radius 1 is 1.15 bits per heavy atom. The second-order valence-electron chi connectivity index (χ2n) is 6.50. The van der Waals surface area contributed by atoms with Crippen LogP contribution in [-0.4, -0.2) is 29.5 Å². The van der Waals surface area contributed by atoms with E-state index in [0.29, 0.717) is 24.5 Å². The zero-order valence-electron chi connectivity index (χ0n) is 15.5. The number of aliphatic hydroxyl groups excluding tert-OH is 1. The van der Waals surface area contributed by atoms with Crippen molar-refractivity contribution in [3.05, 3.63) is 54.4 Å². The maximum Gasteiger partial charge on any atom is 0.161 e. The predicted molar refractivity (Wildman–Crippen MR) is 105 cm³/mol. The molecule has 0 radical (unpaired) electrons. The van der Waals surface area contributed by atoms with Crippen molar-refractivity contribution in [2.24, 2.45) is 0 Å². The summed E-state index contributed by atoms with van der Waals surface area (Å²) in [6, 6.07) is 11.8. The molecule has 3 rings (SSSR count). The minimum absolute atomic E-state index is 0.0353. The first-order chi connectivity index (χ1) is 12.5. The first kappa shape index (κ1) is 18.1. The smallest absolute Gasteiger partial charge is 0.161 e. The number of benzene rings is 2. The van der Waals surface area contributed by atoms with E-state index >= 15 is 0 Å². The molecule has 5 nitrogen and oxygen atoms in total. The predicted octanol–water partition coefficient (Wildman–Crippen LogP) is 3.99. The SMILES string of the molecule is CCOc1cc(C(CC(C)O)n2cc3cccc(N)c3c2)ccc1OC. The molecule has 0 saturated carbocycles. The van der Waals surface area contributed by atoms with Gasteiger partial charge in [0.2, 0.25) is 0 Å². The summed E-state index contributed by atoms with van der Waals surface area (Å²) in [5.41, 5.74) is 7.91. The molecule has 3 N–H and O–H groups in total. The zero-order chi connectivity index (χ0) is 18.7. The van der Waals surface area contributed by atoms with E-state index in [1.807, 2.05) is 49.5 Å².